The first kappa shape index (κ1) is 12.9. The second kappa shape index (κ2) is 6.46. The van der Waals surface area contributed by atoms with Gasteiger partial charge in [0.25, 0.3) is 0 Å². The van der Waals surface area contributed by atoms with E-state index in [1.807, 2.05) is 0 Å². The van der Waals surface area contributed by atoms with E-state index in [1.165, 1.54) is 19.4 Å². The second-order valence-corrected chi connectivity index (χ2v) is 4.89. The Morgan fingerprint density at radius 2 is 2.20 bits per heavy atom. The quantitative estimate of drug-likeness (QED) is 0.753. The van der Waals surface area contributed by atoms with Crippen LogP contribution in [0.3, 0.4) is 0 Å². The number of nitrogens with two attached hydrogens (primary N) is 1. The highest BCUT2D eigenvalue weighted by molar-refractivity contribution is 4.78. The molecular formula is C12H26N2O. The molecule has 1 rings (SSSR count). The van der Waals surface area contributed by atoms with E-state index in [4.69, 9.17) is 10.5 Å². The molecule has 1 aliphatic heterocycles. The molecule has 3 heteroatoms. The summed E-state index contributed by atoms with van der Waals surface area (Å²) in [4.78, 5) is 2.45. The lowest BCUT2D eigenvalue weighted by Gasteiger charge is -2.34. The summed E-state index contributed by atoms with van der Waals surface area (Å²) in [5.74, 6) is 0.567. The lowest BCUT2D eigenvalue weighted by atomic mass is 10.0. The number of ether oxygens (including phenoxy) is 1. The van der Waals surface area contributed by atoms with E-state index in [9.17, 15) is 0 Å². The molecule has 0 amide bonds. The fourth-order valence-electron chi connectivity index (χ4n) is 2.06. The summed E-state index contributed by atoms with van der Waals surface area (Å²) in [5, 5.41) is 0. The summed E-state index contributed by atoms with van der Waals surface area (Å²) < 4.78 is 5.67. The van der Waals surface area contributed by atoms with Gasteiger partial charge < -0.3 is 10.5 Å². The number of rotatable bonds is 5. The minimum Gasteiger partial charge on any atom is -0.377 e. The van der Waals surface area contributed by atoms with Crippen molar-refractivity contribution in [3.05, 3.63) is 0 Å². The molecule has 0 bridgehead atoms. The van der Waals surface area contributed by atoms with Gasteiger partial charge >= 0.3 is 0 Å². The van der Waals surface area contributed by atoms with Gasteiger partial charge in [-0.15, -0.1) is 0 Å². The van der Waals surface area contributed by atoms with Crippen LogP contribution in [0, 0.1) is 5.92 Å². The Morgan fingerprint density at radius 1 is 1.47 bits per heavy atom. The minimum atomic E-state index is 0.297. The summed E-state index contributed by atoms with van der Waals surface area (Å²) in [6.45, 7) is 10.5. The molecule has 1 aliphatic rings. The minimum absolute atomic E-state index is 0.297. The molecule has 0 spiro atoms. The van der Waals surface area contributed by atoms with Crippen LogP contribution in [0.1, 0.15) is 33.6 Å². The largest absolute Gasteiger partial charge is 0.377 e. The van der Waals surface area contributed by atoms with Gasteiger partial charge in [0.05, 0.1) is 6.10 Å². The molecule has 1 heterocycles. The molecule has 0 aromatic heterocycles. The van der Waals surface area contributed by atoms with Gasteiger partial charge in [-0.05, 0) is 32.2 Å². The van der Waals surface area contributed by atoms with Crippen LogP contribution in [0.5, 0.6) is 0 Å². The maximum absolute atomic E-state index is 6.08. The van der Waals surface area contributed by atoms with Crippen molar-refractivity contribution in [3.8, 4) is 0 Å². The van der Waals surface area contributed by atoms with Crippen LogP contribution < -0.4 is 5.73 Å². The fourth-order valence-corrected chi connectivity index (χ4v) is 2.06. The van der Waals surface area contributed by atoms with Crippen molar-refractivity contribution in [2.24, 2.45) is 11.7 Å². The van der Waals surface area contributed by atoms with Crippen LogP contribution in [0.2, 0.25) is 0 Å². The van der Waals surface area contributed by atoms with Crippen molar-refractivity contribution in [2.45, 2.75) is 45.8 Å². The van der Waals surface area contributed by atoms with Crippen LogP contribution >= 0.6 is 0 Å². The van der Waals surface area contributed by atoms with Crippen LogP contribution in [-0.4, -0.2) is 43.3 Å². The van der Waals surface area contributed by atoms with Crippen molar-refractivity contribution >= 4 is 0 Å². The third kappa shape index (κ3) is 4.49. The van der Waals surface area contributed by atoms with Crippen LogP contribution in [-0.2, 0) is 4.74 Å². The van der Waals surface area contributed by atoms with E-state index < -0.39 is 0 Å². The highest BCUT2D eigenvalue weighted by atomic mass is 16.5. The zero-order chi connectivity index (χ0) is 11.3. The Hall–Kier alpha value is -0.120. The summed E-state index contributed by atoms with van der Waals surface area (Å²) in [6.07, 6.45) is 2.89. The molecule has 2 unspecified atom stereocenters. The first-order valence-corrected chi connectivity index (χ1v) is 6.23. The Morgan fingerprint density at radius 3 is 2.80 bits per heavy atom. The van der Waals surface area contributed by atoms with Gasteiger partial charge in [-0.25, -0.2) is 0 Å². The Balaban J connectivity index is 2.29. The molecule has 1 saturated heterocycles. The normalized spacial score (nSPS) is 25.8. The van der Waals surface area contributed by atoms with Crippen LogP contribution in [0.15, 0.2) is 0 Å². The zero-order valence-electron chi connectivity index (χ0n) is 10.4. The molecule has 90 valence electrons. The third-order valence-electron chi connectivity index (χ3n) is 3.19. The van der Waals surface area contributed by atoms with Gasteiger partial charge in [0, 0.05) is 25.7 Å². The molecule has 15 heavy (non-hydrogen) atoms. The molecule has 0 aromatic carbocycles. The van der Waals surface area contributed by atoms with E-state index in [1.54, 1.807) is 0 Å². The predicted molar refractivity (Wildman–Crippen MR) is 63.9 cm³/mol. The lowest BCUT2D eigenvalue weighted by Crippen LogP contribution is -2.47. The Kier molecular flexibility index (Phi) is 5.58. The van der Waals surface area contributed by atoms with Gasteiger partial charge in [0.2, 0.25) is 0 Å². The highest BCUT2D eigenvalue weighted by Crippen LogP contribution is 2.14. The average Bonchev–Trinajstić information content (AvgIpc) is 2.18. The molecule has 2 N–H and O–H groups in total. The first-order valence-electron chi connectivity index (χ1n) is 6.23. The van der Waals surface area contributed by atoms with Gasteiger partial charge in [-0.3, -0.25) is 4.90 Å². The monoisotopic (exact) mass is 214 g/mol. The number of hydrogen-bond donors (Lipinski definition) is 1. The molecule has 1 fully saturated rings. The van der Waals surface area contributed by atoms with Crippen molar-refractivity contribution in [2.75, 3.05) is 26.2 Å². The number of piperidine rings is 1. The Bertz CT molecular complexity index is 171. The summed E-state index contributed by atoms with van der Waals surface area (Å²) in [7, 11) is 0. The van der Waals surface area contributed by atoms with Gasteiger partial charge in [-0.1, -0.05) is 13.8 Å². The Labute approximate surface area is 94.0 Å². The van der Waals surface area contributed by atoms with E-state index in [0.717, 1.165) is 19.7 Å². The molecular weight excluding hydrogens is 188 g/mol. The van der Waals surface area contributed by atoms with Gasteiger partial charge in [-0.2, -0.15) is 0 Å². The average molecular weight is 214 g/mol. The van der Waals surface area contributed by atoms with Crippen LogP contribution in [0.25, 0.3) is 0 Å². The van der Waals surface area contributed by atoms with Gasteiger partial charge in [0.1, 0.15) is 0 Å². The maximum atomic E-state index is 6.08. The highest BCUT2D eigenvalue weighted by Gasteiger charge is 2.22. The summed E-state index contributed by atoms with van der Waals surface area (Å²) >= 11 is 0. The van der Waals surface area contributed by atoms with Crippen molar-refractivity contribution in [1.29, 1.82) is 0 Å². The summed E-state index contributed by atoms with van der Waals surface area (Å²) in [6, 6.07) is 0.297. The molecule has 3 nitrogen and oxygen atoms in total. The molecule has 0 aliphatic carbocycles. The number of hydrogen-bond acceptors (Lipinski definition) is 3. The zero-order valence-corrected chi connectivity index (χ0v) is 10.4. The van der Waals surface area contributed by atoms with E-state index in [-0.39, 0.29) is 0 Å². The van der Waals surface area contributed by atoms with Crippen molar-refractivity contribution in [3.63, 3.8) is 0 Å². The fraction of sp³-hybridized carbons (Fsp3) is 1.00. The van der Waals surface area contributed by atoms with Crippen LogP contribution in [0.4, 0.5) is 0 Å². The van der Waals surface area contributed by atoms with E-state index >= 15 is 0 Å². The van der Waals surface area contributed by atoms with E-state index in [0.29, 0.717) is 18.1 Å². The number of nitrogens with zero attached hydrogens (tertiary/aromatic N) is 1. The molecule has 2 atom stereocenters. The lowest BCUT2D eigenvalue weighted by molar-refractivity contribution is 0.00345. The molecule has 0 aromatic rings. The van der Waals surface area contributed by atoms with Crippen molar-refractivity contribution in [1.82, 2.24) is 4.90 Å². The third-order valence-corrected chi connectivity index (χ3v) is 3.19. The first-order chi connectivity index (χ1) is 7.13. The van der Waals surface area contributed by atoms with Gasteiger partial charge in [0.15, 0.2) is 0 Å². The predicted octanol–water partition coefficient (Wildman–Crippen LogP) is 1.47. The standard InChI is InChI=1S/C12H26N2O/c1-4-15-11-6-5-7-14(8-11)9-12(13)10(2)3/h10-12H,4-9,13H2,1-3H3. The number of likely N-dealkylation sites (tertiary alicyclic amines) is 1. The maximum Gasteiger partial charge on any atom is 0.0702 e. The van der Waals surface area contributed by atoms with E-state index in [2.05, 4.69) is 25.7 Å². The van der Waals surface area contributed by atoms with Crippen molar-refractivity contribution < 1.29 is 4.74 Å². The topological polar surface area (TPSA) is 38.5 Å². The molecule has 0 radical (unpaired) electrons. The molecule has 0 saturated carbocycles. The second-order valence-electron chi connectivity index (χ2n) is 4.89. The summed E-state index contributed by atoms with van der Waals surface area (Å²) in [5.41, 5.74) is 6.08. The smallest absolute Gasteiger partial charge is 0.0702 e. The SMILES string of the molecule is CCOC1CCCN(CC(N)C(C)C)C1.